The second-order valence-corrected chi connectivity index (χ2v) is 9.68. The summed E-state index contributed by atoms with van der Waals surface area (Å²) in [6.45, 7) is 5.21. The molecule has 0 saturated carbocycles. The molecule has 1 fully saturated rings. The Morgan fingerprint density at radius 2 is 1.85 bits per heavy atom. The largest absolute Gasteiger partial charge is 0.494 e. The first-order chi connectivity index (χ1) is 15.8. The van der Waals surface area contributed by atoms with Gasteiger partial charge < -0.3 is 15.0 Å². The fourth-order valence-electron chi connectivity index (χ4n) is 3.64. The van der Waals surface area contributed by atoms with E-state index in [1.165, 1.54) is 12.1 Å². The highest BCUT2D eigenvalue weighted by molar-refractivity contribution is 7.89. The van der Waals surface area contributed by atoms with Gasteiger partial charge in [0.25, 0.3) is 0 Å². The van der Waals surface area contributed by atoms with Crippen molar-refractivity contribution in [2.45, 2.75) is 38.0 Å². The van der Waals surface area contributed by atoms with Crippen LogP contribution < -0.4 is 14.8 Å². The van der Waals surface area contributed by atoms with Crippen LogP contribution in [0.2, 0.25) is 0 Å². The van der Waals surface area contributed by atoms with Crippen molar-refractivity contribution in [3.05, 3.63) is 48.2 Å². The van der Waals surface area contributed by atoms with Crippen LogP contribution in [-0.2, 0) is 19.6 Å². The normalized spacial score (nSPS) is 14.7. The molecule has 2 heterocycles. The maximum atomic E-state index is 12.5. The number of anilines is 1. The van der Waals surface area contributed by atoms with Gasteiger partial charge in [-0.1, -0.05) is 0 Å². The molecule has 0 atom stereocenters. The van der Waals surface area contributed by atoms with Gasteiger partial charge in [0.15, 0.2) is 0 Å². The van der Waals surface area contributed by atoms with E-state index in [1.807, 2.05) is 26.0 Å². The van der Waals surface area contributed by atoms with Crippen molar-refractivity contribution >= 4 is 27.7 Å². The van der Waals surface area contributed by atoms with Gasteiger partial charge in [-0.15, -0.1) is 0 Å². The lowest BCUT2D eigenvalue weighted by atomic mass is 9.95. The summed E-state index contributed by atoms with van der Waals surface area (Å²) in [5.41, 5.74) is 1.01. The number of piperidine rings is 1. The molecule has 1 aromatic heterocycles. The van der Waals surface area contributed by atoms with E-state index in [4.69, 9.17) is 4.74 Å². The Morgan fingerprint density at radius 1 is 1.15 bits per heavy atom. The van der Waals surface area contributed by atoms with E-state index in [-0.39, 0.29) is 35.6 Å². The Hall–Kier alpha value is -2.98. The smallest absolute Gasteiger partial charge is 0.240 e. The molecular weight excluding hydrogens is 444 g/mol. The second kappa shape index (κ2) is 11.2. The van der Waals surface area contributed by atoms with Gasteiger partial charge in [0.05, 0.1) is 11.5 Å². The van der Waals surface area contributed by atoms with Crippen LogP contribution in [0, 0.1) is 12.8 Å². The number of nitrogens with zero attached hydrogens (tertiary/aromatic N) is 2. The fraction of sp³-hybridized carbons (Fsp3) is 0.435. The average Bonchev–Trinajstić information content (AvgIpc) is 2.79. The number of nitrogens with one attached hydrogen (secondary N) is 2. The number of aryl methyl sites for hydroxylation is 1. The third-order valence-electron chi connectivity index (χ3n) is 5.46. The quantitative estimate of drug-likeness (QED) is 0.576. The van der Waals surface area contributed by atoms with Gasteiger partial charge in [-0.05, 0) is 68.7 Å². The molecule has 9 nitrogen and oxygen atoms in total. The van der Waals surface area contributed by atoms with Crippen molar-refractivity contribution in [1.82, 2.24) is 14.6 Å². The zero-order chi connectivity index (χ0) is 23.8. The summed E-state index contributed by atoms with van der Waals surface area (Å²) < 4.78 is 32.6. The van der Waals surface area contributed by atoms with E-state index < -0.39 is 10.0 Å². The first-order valence-corrected chi connectivity index (χ1v) is 12.5. The van der Waals surface area contributed by atoms with Crippen molar-refractivity contribution in [2.24, 2.45) is 5.92 Å². The summed E-state index contributed by atoms with van der Waals surface area (Å²) in [5, 5.41) is 2.84. The standard InChI is InChI=1S/C23H30N4O5S/c1-3-32-19-4-6-20(7-5-19)33(30,31)25-13-9-22(28)27-14-10-18(11-15-27)23(29)26-21-16-17(2)8-12-24-21/h4-8,12,16,18,25H,3,9-11,13-15H2,1-2H3,(H,24,26,29). The lowest BCUT2D eigenvalue weighted by molar-refractivity contribution is -0.134. The number of carbonyl (C=O) groups is 2. The van der Waals surface area contributed by atoms with Gasteiger partial charge in [0, 0.05) is 38.2 Å². The molecule has 0 unspecified atom stereocenters. The van der Waals surface area contributed by atoms with Gasteiger partial charge in [-0.25, -0.2) is 18.1 Å². The molecule has 1 saturated heterocycles. The summed E-state index contributed by atoms with van der Waals surface area (Å²) in [6.07, 6.45) is 2.82. The van der Waals surface area contributed by atoms with E-state index in [0.29, 0.717) is 44.1 Å². The number of benzene rings is 1. The van der Waals surface area contributed by atoms with Crippen LogP contribution in [0.4, 0.5) is 5.82 Å². The number of rotatable bonds is 9. The minimum Gasteiger partial charge on any atom is -0.494 e. The molecule has 0 bridgehead atoms. The lowest BCUT2D eigenvalue weighted by Gasteiger charge is -2.31. The topological polar surface area (TPSA) is 118 Å². The van der Waals surface area contributed by atoms with Crippen molar-refractivity contribution in [3.63, 3.8) is 0 Å². The van der Waals surface area contributed by atoms with Crippen LogP contribution >= 0.6 is 0 Å². The van der Waals surface area contributed by atoms with E-state index in [1.54, 1.807) is 23.2 Å². The highest BCUT2D eigenvalue weighted by atomic mass is 32.2. The molecule has 3 rings (SSSR count). The zero-order valence-electron chi connectivity index (χ0n) is 18.9. The van der Waals surface area contributed by atoms with Crippen molar-refractivity contribution in [2.75, 3.05) is 31.6 Å². The maximum absolute atomic E-state index is 12.5. The molecule has 2 amide bonds. The number of hydrogen-bond acceptors (Lipinski definition) is 6. The zero-order valence-corrected chi connectivity index (χ0v) is 19.7. The Kier molecular flexibility index (Phi) is 8.40. The third kappa shape index (κ3) is 7.00. The number of hydrogen-bond donors (Lipinski definition) is 2. The summed E-state index contributed by atoms with van der Waals surface area (Å²) in [7, 11) is -3.71. The molecular formula is C23H30N4O5S. The van der Waals surface area contributed by atoms with E-state index in [9.17, 15) is 18.0 Å². The summed E-state index contributed by atoms with van der Waals surface area (Å²) in [4.78, 5) is 30.9. The van der Waals surface area contributed by atoms with Crippen molar-refractivity contribution < 1.29 is 22.7 Å². The van der Waals surface area contributed by atoms with Crippen LogP contribution in [0.5, 0.6) is 5.75 Å². The van der Waals surface area contributed by atoms with Crippen molar-refractivity contribution in [3.8, 4) is 5.75 Å². The summed E-state index contributed by atoms with van der Waals surface area (Å²) in [5.74, 6) is 0.707. The Bertz CT molecular complexity index is 1060. The number of sulfonamides is 1. The number of likely N-dealkylation sites (tertiary alicyclic amines) is 1. The van der Waals surface area contributed by atoms with Gasteiger partial charge >= 0.3 is 0 Å². The van der Waals surface area contributed by atoms with Crippen LogP contribution in [0.15, 0.2) is 47.5 Å². The molecule has 0 spiro atoms. The molecule has 2 N–H and O–H groups in total. The van der Waals surface area contributed by atoms with E-state index in [2.05, 4.69) is 15.0 Å². The molecule has 1 aliphatic rings. The minimum atomic E-state index is -3.71. The maximum Gasteiger partial charge on any atom is 0.240 e. The number of ether oxygens (including phenoxy) is 1. The fourth-order valence-corrected chi connectivity index (χ4v) is 4.67. The highest BCUT2D eigenvalue weighted by Gasteiger charge is 2.27. The third-order valence-corrected chi connectivity index (χ3v) is 6.94. The van der Waals surface area contributed by atoms with Gasteiger partial charge in [-0.3, -0.25) is 9.59 Å². The predicted octanol–water partition coefficient (Wildman–Crippen LogP) is 2.33. The average molecular weight is 475 g/mol. The molecule has 2 aromatic rings. The number of carbonyl (C=O) groups excluding carboxylic acids is 2. The monoisotopic (exact) mass is 474 g/mol. The van der Waals surface area contributed by atoms with Crippen molar-refractivity contribution in [1.29, 1.82) is 0 Å². The number of pyridine rings is 1. The number of aromatic nitrogens is 1. The van der Waals surface area contributed by atoms with E-state index in [0.717, 1.165) is 5.56 Å². The molecule has 33 heavy (non-hydrogen) atoms. The minimum absolute atomic E-state index is 0.00776. The Labute approximate surface area is 194 Å². The first-order valence-electron chi connectivity index (χ1n) is 11.0. The molecule has 10 heteroatoms. The first kappa shape index (κ1) is 24.7. The molecule has 1 aromatic carbocycles. The lowest BCUT2D eigenvalue weighted by Crippen LogP contribution is -2.42. The van der Waals surface area contributed by atoms with Gasteiger partial charge in [-0.2, -0.15) is 0 Å². The molecule has 0 aliphatic carbocycles. The molecule has 1 aliphatic heterocycles. The Morgan fingerprint density at radius 3 is 2.48 bits per heavy atom. The van der Waals surface area contributed by atoms with Crippen LogP contribution in [0.25, 0.3) is 0 Å². The van der Waals surface area contributed by atoms with Crippen LogP contribution in [-0.4, -0.2) is 56.4 Å². The summed E-state index contributed by atoms with van der Waals surface area (Å²) >= 11 is 0. The van der Waals surface area contributed by atoms with Crippen LogP contribution in [0.3, 0.4) is 0 Å². The summed E-state index contributed by atoms with van der Waals surface area (Å²) in [6, 6.07) is 9.80. The van der Waals surface area contributed by atoms with E-state index >= 15 is 0 Å². The predicted molar refractivity (Wildman–Crippen MR) is 124 cm³/mol. The van der Waals surface area contributed by atoms with Gasteiger partial charge in [0.2, 0.25) is 21.8 Å². The Balaban J connectivity index is 1.42. The number of amides is 2. The second-order valence-electron chi connectivity index (χ2n) is 7.91. The molecule has 178 valence electrons. The van der Waals surface area contributed by atoms with Gasteiger partial charge in [0.1, 0.15) is 11.6 Å². The SMILES string of the molecule is CCOc1ccc(S(=O)(=O)NCCC(=O)N2CCC(C(=O)Nc3cc(C)ccn3)CC2)cc1. The highest BCUT2D eigenvalue weighted by Crippen LogP contribution is 2.20. The van der Waals surface area contributed by atoms with Crippen LogP contribution in [0.1, 0.15) is 31.7 Å². The molecule has 0 radical (unpaired) electrons.